The number of nitrogens with zero attached hydrogens (tertiary/aromatic N) is 1. The molecule has 3 rings (SSSR count). The van der Waals surface area contributed by atoms with Gasteiger partial charge in [-0.05, 0) is 51.8 Å². The maximum absolute atomic E-state index is 13.3. The average molecular weight is 370 g/mol. The smallest absolute Gasteiger partial charge is 0.248 e. The van der Waals surface area contributed by atoms with Gasteiger partial charge in [0.05, 0.1) is 11.0 Å². The summed E-state index contributed by atoms with van der Waals surface area (Å²) in [4.78, 5) is 13.9. The molecule has 0 saturated carbocycles. The van der Waals surface area contributed by atoms with Gasteiger partial charge in [0.1, 0.15) is 11.9 Å². The molecule has 0 spiro atoms. The Morgan fingerprint density at radius 2 is 2.05 bits per heavy atom. The van der Waals surface area contributed by atoms with Crippen LogP contribution in [0, 0.1) is 5.82 Å². The van der Waals surface area contributed by atoms with E-state index < -0.39 is 6.04 Å². The van der Waals surface area contributed by atoms with E-state index in [2.05, 4.69) is 15.9 Å². The summed E-state index contributed by atoms with van der Waals surface area (Å²) in [5.41, 5.74) is 8.21. The van der Waals surface area contributed by atoms with Crippen molar-refractivity contribution in [3.8, 4) is 0 Å². The highest BCUT2D eigenvalue weighted by Gasteiger charge is 2.34. The first-order valence-corrected chi connectivity index (χ1v) is 7.45. The van der Waals surface area contributed by atoms with Gasteiger partial charge in [0, 0.05) is 16.3 Å². The van der Waals surface area contributed by atoms with Crippen molar-refractivity contribution in [3.05, 3.63) is 62.8 Å². The molecule has 1 aliphatic rings. The van der Waals surface area contributed by atoms with Gasteiger partial charge in [-0.15, -0.1) is 0 Å². The maximum Gasteiger partial charge on any atom is 0.248 e. The van der Waals surface area contributed by atoms with Crippen molar-refractivity contribution in [2.24, 2.45) is 5.73 Å². The van der Waals surface area contributed by atoms with Crippen LogP contribution in [0.1, 0.15) is 17.2 Å². The van der Waals surface area contributed by atoms with Crippen LogP contribution in [-0.2, 0) is 11.3 Å². The third kappa shape index (κ3) is 2.57. The van der Waals surface area contributed by atoms with Gasteiger partial charge in [-0.3, -0.25) is 4.79 Å². The van der Waals surface area contributed by atoms with Gasteiger partial charge in [0.15, 0.2) is 0 Å². The average Bonchev–Trinajstić information content (AvgIpc) is 2.68. The van der Waals surface area contributed by atoms with Crippen LogP contribution in [0.15, 0.2) is 40.9 Å². The van der Waals surface area contributed by atoms with Gasteiger partial charge in [-0.25, -0.2) is 4.39 Å². The van der Waals surface area contributed by atoms with Gasteiger partial charge in [-0.1, -0.05) is 17.7 Å². The van der Waals surface area contributed by atoms with E-state index in [0.717, 1.165) is 11.3 Å². The van der Waals surface area contributed by atoms with Crippen LogP contribution < -0.4 is 10.6 Å². The SMILES string of the molecule is NC1C(=O)N(Cc2ccc(F)c(Br)c2)c2ccc(Cl)cc21. The predicted molar refractivity (Wildman–Crippen MR) is 83.7 cm³/mol. The lowest BCUT2D eigenvalue weighted by molar-refractivity contribution is -0.119. The van der Waals surface area contributed by atoms with Crippen molar-refractivity contribution in [3.63, 3.8) is 0 Å². The summed E-state index contributed by atoms with van der Waals surface area (Å²) < 4.78 is 13.6. The third-order valence-electron chi connectivity index (χ3n) is 3.47. The van der Waals surface area contributed by atoms with E-state index >= 15 is 0 Å². The van der Waals surface area contributed by atoms with Crippen LogP contribution in [0.3, 0.4) is 0 Å². The Labute approximate surface area is 134 Å². The minimum absolute atomic E-state index is 0.187. The van der Waals surface area contributed by atoms with E-state index in [1.54, 1.807) is 35.2 Å². The summed E-state index contributed by atoms with van der Waals surface area (Å²) in [6, 6.07) is 9.17. The predicted octanol–water partition coefficient (Wildman–Crippen LogP) is 3.79. The quantitative estimate of drug-likeness (QED) is 0.875. The molecule has 1 atom stereocenters. The molecular weight excluding hydrogens is 359 g/mol. The van der Waals surface area contributed by atoms with Gasteiger partial charge < -0.3 is 10.6 Å². The number of carbonyl (C=O) groups excluding carboxylic acids is 1. The molecule has 1 heterocycles. The second-order valence-corrected chi connectivity index (χ2v) is 6.14. The number of anilines is 1. The summed E-state index contributed by atoms with van der Waals surface area (Å²) in [6.07, 6.45) is 0. The van der Waals surface area contributed by atoms with Gasteiger partial charge >= 0.3 is 0 Å². The molecule has 0 aliphatic carbocycles. The second kappa shape index (κ2) is 5.40. The Balaban J connectivity index is 1.96. The first kappa shape index (κ1) is 14.5. The number of amides is 1. The Morgan fingerprint density at radius 3 is 2.76 bits per heavy atom. The molecule has 0 aromatic heterocycles. The second-order valence-electron chi connectivity index (χ2n) is 4.85. The minimum atomic E-state index is -0.706. The van der Waals surface area contributed by atoms with E-state index in [0.29, 0.717) is 21.6 Å². The Hall–Kier alpha value is -1.43. The van der Waals surface area contributed by atoms with Crippen molar-refractivity contribution in [2.45, 2.75) is 12.6 Å². The summed E-state index contributed by atoms with van der Waals surface area (Å²) in [6.45, 7) is 0.333. The fourth-order valence-corrected chi connectivity index (χ4v) is 3.03. The molecule has 0 saturated heterocycles. The Kier molecular flexibility index (Phi) is 3.73. The molecule has 0 bridgehead atoms. The van der Waals surface area contributed by atoms with Crippen molar-refractivity contribution in [1.29, 1.82) is 0 Å². The number of carbonyl (C=O) groups is 1. The molecule has 108 valence electrons. The minimum Gasteiger partial charge on any atom is -0.316 e. The topological polar surface area (TPSA) is 46.3 Å². The summed E-state index contributed by atoms with van der Waals surface area (Å²) in [7, 11) is 0. The molecule has 2 aromatic rings. The molecule has 0 radical (unpaired) electrons. The lowest BCUT2D eigenvalue weighted by Crippen LogP contribution is -2.31. The number of fused-ring (bicyclic) bond motifs is 1. The lowest BCUT2D eigenvalue weighted by atomic mass is 10.1. The Bertz CT molecular complexity index is 738. The molecule has 21 heavy (non-hydrogen) atoms. The number of hydrogen-bond donors (Lipinski definition) is 1. The van der Waals surface area contributed by atoms with Crippen LogP contribution >= 0.6 is 27.5 Å². The molecule has 1 amide bonds. The highest BCUT2D eigenvalue weighted by molar-refractivity contribution is 9.10. The normalized spacial score (nSPS) is 17.2. The van der Waals surface area contributed by atoms with E-state index in [1.165, 1.54) is 6.07 Å². The number of rotatable bonds is 2. The largest absolute Gasteiger partial charge is 0.316 e. The van der Waals surface area contributed by atoms with Crippen molar-refractivity contribution in [1.82, 2.24) is 0 Å². The number of nitrogens with two attached hydrogens (primary N) is 1. The highest BCUT2D eigenvalue weighted by atomic mass is 79.9. The molecule has 0 fully saturated rings. The standard InChI is InChI=1S/C15H11BrClFN2O/c16-11-5-8(1-3-12(11)18)7-20-13-4-2-9(17)6-10(13)14(19)15(20)21/h1-6,14H,7,19H2. The molecule has 2 aromatic carbocycles. The van der Waals surface area contributed by atoms with Crippen LogP contribution in [0.2, 0.25) is 5.02 Å². The lowest BCUT2D eigenvalue weighted by Gasteiger charge is -2.18. The molecule has 2 N–H and O–H groups in total. The monoisotopic (exact) mass is 368 g/mol. The van der Waals surface area contributed by atoms with Gasteiger partial charge in [0.2, 0.25) is 5.91 Å². The van der Waals surface area contributed by atoms with Crippen LogP contribution in [-0.4, -0.2) is 5.91 Å². The van der Waals surface area contributed by atoms with Crippen LogP contribution in [0.4, 0.5) is 10.1 Å². The Morgan fingerprint density at radius 1 is 1.29 bits per heavy atom. The summed E-state index contributed by atoms with van der Waals surface area (Å²) >= 11 is 9.09. The highest BCUT2D eigenvalue weighted by Crippen LogP contribution is 2.37. The van der Waals surface area contributed by atoms with Crippen molar-refractivity contribution < 1.29 is 9.18 Å². The fourth-order valence-electron chi connectivity index (χ4n) is 2.42. The molecule has 6 heteroatoms. The zero-order valence-electron chi connectivity index (χ0n) is 10.8. The first-order chi connectivity index (χ1) is 9.97. The molecule has 1 aliphatic heterocycles. The first-order valence-electron chi connectivity index (χ1n) is 6.27. The summed E-state index contributed by atoms with van der Waals surface area (Å²) in [5, 5.41) is 0.545. The van der Waals surface area contributed by atoms with Crippen LogP contribution in [0.5, 0.6) is 0 Å². The van der Waals surface area contributed by atoms with E-state index in [9.17, 15) is 9.18 Å². The molecular formula is C15H11BrClFN2O. The molecule has 1 unspecified atom stereocenters. The molecule has 3 nitrogen and oxygen atoms in total. The van der Waals surface area contributed by atoms with Crippen LogP contribution in [0.25, 0.3) is 0 Å². The van der Waals surface area contributed by atoms with Gasteiger partial charge in [-0.2, -0.15) is 0 Å². The third-order valence-corrected chi connectivity index (χ3v) is 4.32. The number of benzene rings is 2. The van der Waals surface area contributed by atoms with Gasteiger partial charge in [0.25, 0.3) is 0 Å². The zero-order chi connectivity index (χ0) is 15.1. The van der Waals surface area contributed by atoms with E-state index in [1.807, 2.05) is 0 Å². The zero-order valence-corrected chi connectivity index (χ0v) is 13.2. The fraction of sp³-hybridized carbons (Fsp3) is 0.133. The van der Waals surface area contributed by atoms with Crippen molar-refractivity contribution in [2.75, 3.05) is 4.90 Å². The number of hydrogen-bond acceptors (Lipinski definition) is 2. The number of halogens is 3. The summed E-state index contributed by atoms with van der Waals surface area (Å²) in [5.74, 6) is -0.525. The maximum atomic E-state index is 13.3. The van der Waals surface area contributed by atoms with E-state index in [-0.39, 0.29) is 11.7 Å². The van der Waals surface area contributed by atoms with Crippen molar-refractivity contribution >= 4 is 39.1 Å². The van der Waals surface area contributed by atoms with E-state index in [4.69, 9.17) is 17.3 Å².